The molecule has 0 spiro atoms. The lowest BCUT2D eigenvalue weighted by Gasteiger charge is -2.45. The average molecular weight is 327 g/mol. The van der Waals surface area contributed by atoms with Crippen LogP contribution in [0.2, 0.25) is 0 Å². The van der Waals surface area contributed by atoms with E-state index in [4.69, 9.17) is 14.2 Å². The monoisotopic (exact) mass is 327 g/mol. The Morgan fingerprint density at radius 3 is 2.70 bits per heavy atom. The predicted octanol–water partition coefficient (Wildman–Crippen LogP) is 3.98. The van der Waals surface area contributed by atoms with Gasteiger partial charge in [-0.1, -0.05) is 19.4 Å². The van der Waals surface area contributed by atoms with E-state index in [2.05, 4.69) is 13.5 Å². The van der Waals surface area contributed by atoms with Crippen LogP contribution in [-0.2, 0) is 14.2 Å². The topological polar surface area (TPSA) is 48.0 Å². The number of rotatable bonds is 10. The van der Waals surface area contributed by atoms with Gasteiger partial charge in [-0.2, -0.15) is 0 Å². The molecule has 0 aliphatic carbocycles. The number of hydrogen-bond acceptors (Lipinski definition) is 4. The molecule has 0 aromatic heterocycles. The van der Waals surface area contributed by atoms with Gasteiger partial charge in [-0.3, -0.25) is 0 Å². The van der Waals surface area contributed by atoms with E-state index < -0.39 is 0 Å². The molecule has 23 heavy (non-hydrogen) atoms. The maximum absolute atomic E-state index is 12.3. The largest absolute Gasteiger partial charge is 0.453 e. The summed E-state index contributed by atoms with van der Waals surface area (Å²) in [6, 6.07) is 0.478. The third-order valence-corrected chi connectivity index (χ3v) is 4.75. The van der Waals surface area contributed by atoms with Crippen LogP contribution in [0.5, 0.6) is 0 Å². The number of likely N-dealkylation sites (tertiary alicyclic amines) is 1. The van der Waals surface area contributed by atoms with Gasteiger partial charge < -0.3 is 19.1 Å². The second-order valence-electron chi connectivity index (χ2n) is 6.18. The molecule has 0 radical (unpaired) electrons. The Labute approximate surface area is 141 Å². The first kappa shape index (κ1) is 20.0. The lowest BCUT2D eigenvalue weighted by atomic mass is 9.81. The number of nitrogens with zero attached hydrogens (tertiary/aromatic N) is 1. The summed E-state index contributed by atoms with van der Waals surface area (Å²) >= 11 is 0. The zero-order chi connectivity index (χ0) is 17.1. The first-order valence-electron chi connectivity index (χ1n) is 8.73. The van der Waals surface area contributed by atoms with Gasteiger partial charge in [-0.15, -0.1) is 6.58 Å². The molecule has 1 aliphatic rings. The van der Waals surface area contributed by atoms with Crippen LogP contribution in [-0.4, -0.2) is 50.7 Å². The van der Waals surface area contributed by atoms with Gasteiger partial charge in [0.1, 0.15) is 6.79 Å². The summed E-state index contributed by atoms with van der Waals surface area (Å²) in [5, 5.41) is 0. The van der Waals surface area contributed by atoms with E-state index in [0.29, 0.717) is 19.3 Å². The van der Waals surface area contributed by atoms with Gasteiger partial charge in [-0.05, 0) is 44.4 Å². The van der Waals surface area contributed by atoms with Gasteiger partial charge in [0.2, 0.25) is 0 Å². The molecular weight excluding hydrogens is 294 g/mol. The molecule has 0 N–H and O–H groups in total. The Morgan fingerprint density at radius 1 is 1.30 bits per heavy atom. The molecule has 1 fully saturated rings. The fourth-order valence-corrected chi connectivity index (χ4v) is 3.60. The molecule has 0 bridgehead atoms. The number of hydrogen-bond donors (Lipinski definition) is 0. The molecule has 1 amide bonds. The van der Waals surface area contributed by atoms with Gasteiger partial charge in [0.15, 0.2) is 0 Å². The molecule has 0 aromatic rings. The molecule has 5 nitrogen and oxygen atoms in total. The molecule has 0 aromatic carbocycles. The van der Waals surface area contributed by atoms with Crippen LogP contribution in [0.4, 0.5) is 4.79 Å². The first-order chi connectivity index (χ1) is 11.2. The Kier molecular flexibility index (Phi) is 9.96. The normalized spacial score (nSPS) is 24.5. The molecule has 134 valence electrons. The molecular formula is C18H33NO4. The minimum atomic E-state index is -0.198. The van der Waals surface area contributed by atoms with Crippen molar-refractivity contribution in [2.75, 3.05) is 27.6 Å². The minimum absolute atomic E-state index is 0.198. The van der Waals surface area contributed by atoms with E-state index >= 15 is 0 Å². The van der Waals surface area contributed by atoms with Crippen molar-refractivity contribution in [1.29, 1.82) is 0 Å². The SMILES string of the molecule is C=CC[C@H]1CC[C@@H](CC)[C@@H](CCCCOCOC)N1C(=O)OC. The van der Waals surface area contributed by atoms with Crippen LogP contribution < -0.4 is 0 Å². The van der Waals surface area contributed by atoms with Crippen LogP contribution in [0.3, 0.4) is 0 Å². The highest BCUT2D eigenvalue weighted by Gasteiger charge is 2.38. The Balaban J connectivity index is 2.65. The zero-order valence-corrected chi connectivity index (χ0v) is 15.0. The maximum atomic E-state index is 12.3. The summed E-state index contributed by atoms with van der Waals surface area (Å²) in [5.41, 5.74) is 0. The molecule has 1 heterocycles. The van der Waals surface area contributed by atoms with E-state index in [0.717, 1.165) is 38.5 Å². The fourth-order valence-electron chi connectivity index (χ4n) is 3.60. The molecule has 0 unspecified atom stereocenters. The second kappa shape index (κ2) is 11.5. The van der Waals surface area contributed by atoms with Crippen LogP contribution in [0.1, 0.15) is 51.9 Å². The van der Waals surface area contributed by atoms with Gasteiger partial charge in [0, 0.05) is 25.8 Å². The highest BCUT2D eigenvalue weighted by Crippen LogP contribution is 2.35. The van der Waals surface area contributed by atoms with Crippen molar-refractivity contribution >= 4 is 6.09 Å². The van der Waals surface area contributed by atoms with Gasteiger partial charge >= 0.3 is 6.09 Å². The lowest BCUT2D eigenvalue weighted by Crippen LogP contribution is -2.53. The highest BCUT2D eigenvalue weighted by molar-refractivity contribution is 5.68. The van der Waals surface area contributed by atoms with E-state index in [-0.39, 0.29) is 18.2 Å². The number of piperidine rings is 1. The number of ether oxygens (including phenoxy) is 3. The fraction of sp³-hybridized carbons (Fsp3) is 0.833. The van der Waals surface area contributed by atoms with Gasteiger partial charge in [0.25, 0.3) is 0 Å². The molecule has 5 heteroatoms. The Bertz CT molecular complexity index is 348. The quantitative estimate of drug-likeness (QED) is 0.346. The molecule has 0 saturated carbocycles. The van der Waals surface area contributed by atoms with E-state index in [1.54, 1.807) is 7.11 Å². The number of carbonyl (C=O) groups excluding carboxylic acids is 1. The number of amides is 1. The van der Waals surface area contributed by atoms with Gasteiger partial charge in [0.05, 0.1) is 7.11 Å². The van der Waals surface area contributed by atoms with Crippen LogP contribution >= 0.6 is 0 Å². The van der Waals surface area contributed by atoms with Crippen molar-refractivity contribution in [1.82, 2.24) is 4.90 Å². The van der Waals surface area contributed by atoms with Crippen LogP contribution in [0.25, 0.3) is 0 Å². The summed E-state index contributed by atoms with van der Waals surface area (Å²) in [4.78, 5) is 14.3. The molecule has 1 saturated heterocycles. The van der Waals surface area contributed by atoms with Gasteiger partial charge in [-0.25, -0.2) is 4.79 Å². The summed E-state index contributed by atoms with van der Waals surface area (Å²) in [6.07, 6.45) is 8.87. The summed E-state index contributed by atoms with van der Waals surface area (Å²) in [7, 11) is 3.10. The summed E-state index contributed by atoms with van der Waals surface area (Å²) < 4.78 is 15.3. The second-order valence-corrected chi connectivity index (χ2v) is 6.18. The Morgan fingerprint density at radius 2 is 2.09 bits per heavy atom. The molecule has 3 atom stereocenters. The molecule has 1 rings (SSSR count). The van der Waals surface area contributed by atoms with Crippen LogP contribution in [0, 0.1) is 5.92 Å². The summed E-state index contributed by atoms with van der Waals surface area (Å²) in [5.74, 6) is 0.551. The third-order valence-electron chi connectivity index (χ3n) is 4.75. The standard InChI is InChI=1S/C18H33NO4/c1-5-9-16-12-11-15(6-2)17(19(16)18(20)22-4)10-7-8-13-23-14-21-3/h5,15-17H,1,6-14H2,2-4H3/t15-,16+,17-/m1/s1. The summed E-state index contributed by atoms with van der Waals surface area (Å²) in [6.45, 7) is 7.09. The first-order valence-corrected chi connectivity index (χ1v) is 8.73. The van der Waals surface area contributed by atoms with Crippen molar-refractivity contribution in [2.24, 2.45) is 5.92 Å². The Hall–Kier alpha value is -1.07. The third kappa shape index (κ3) is 6.15. The lowest BCUT2D eigenvalue weighted by molar-refractivity contribution is -0.0325. The maximum Gasteiger partial charge on any atom is 0.410 e. The average Bonchev–Trinajstić information content (AvgIpc) is 2.57. The van der Waals surface area contributed by atoms with E-state index in [9.17, 15) is 4.79 Å². The van der Waals surface area contributed by atoms with Crippen LogP contribution in [0.15, 0.2) is 12.7 Å². The van der Waals surface area contributed by atoms with E-state index in [1.807, 2.05) is 11.0 Å². The van der Waals surface area contributed by atoms with Crippen molar-refractivity contribution in [3.05, 3.63) is 12.7 Å². The number of methoxy groups -OCH3 is 2. The predicted molar refractivity (Wildman–Crippen MR) is 91.3 cm³/mol. The minimum Gasteiger partial charge on any atom is -0.453 e. The number of carbonyl (C=O) groups is 1. The highest BCUT2D eigenvalue weighted by atomic mass is 16.7. The van der Waals surface area contributed by atoms with Crippen molar-refractivity contribution < 1.29 is 19.0 Å². The number of unbranched alkanes of at least 4 members (excludes halogenated alkanes) is 1. The van der Waals surface area contributed by atoms with Crippen molar-refractivity contribution in [3.8, 4) is 0 Å². The smallest absolute Gasteiger partial charge is 0.410 e. The van der Waals surface area contributed by atoms with Crippen molar-refractivity contribution in [3.63, 3.8) is 0 Å². The van der Waals surface area contributed by atoms with E-state index in [1.165, 1.54) is 13.5 Å². The zero-order valence-electron chi connectivity index (χ0n) is 15.0. The molecule has 1 aliphatic heterocycles. The van der Waals surface area contributed by atoms with Crippen molar-refractivity contribution in [2.45, 2.75) is 64.0 Å².